The van der Waals surface area contributed by atoms with Crippen molar-refractivity contribution in [3.05, 3.63) is 0 Å². The molecule has 1 rings (SSSR count). The first-order valence-electron chi connectivity index (χ1n) is 3.88. The first-order valence-corrected chi connectivity index (χ1v) is 3.88. The Bertz CT molecular complexity index is 139. The van der Waals surface area contributed by atoms with Gasteiger partial charge in [0, 0.05) is 27.7 Å². The predicted octanol–water partition coefficient (Wildman–Crippen LogP) is 2.04. The predicted molar refractivity (Wildman–Crippen MR) is 38.8 cm³/mol. The van der Waals surface area contributed by atoms with E-state index in [1.807, 2.05) is 6.92 Å². The normalized spacial score (nSPS) is 21.9. The third kappa shape index (κ3) is 2.73. The summed E-state index contributed by atoms with van der Waals surface area (Å²) < 4.78 is 0. The van der Waals surface area contributed by atoms with Crippen molar-refractivity contribution in [2.24, 2.45) is 5.41 Å². The van der Waals surface area contributed by atoms with E-state index < -0.39 is 11.4 Å². The Hall–Kier alpha value is 0.405. The van der Waals surface area contributed by atoms with Gasteiger partial charge in [0.2, 0.25) is 0 Å². The summed E-state index contributed by atoms with van der Waals surface area (Å²) in [5.41, 5.74) is -0.405. The van der Waals surface area contributed by atoms with Crippen molar-refractivity contribution in [2.45, 2.75) is 39.0 Å². The molecule has 2 nitrogen and oxygen atoms in total. The Kier molecular flexibility index (Phi) is 4.60. The first kappa shape index (κ1) is 11.4. The number of hydrogen-bond donors (Lipinski definition) is 1. The van der Waals surface area contributed by atoms with Gasteiger partial charge in [0.25, 0.3) is 0 Å². The van der Waals surface area contributed by atoms with Gasteiger partial charge in [-0.1, -0.05) is 19.3 Å². The van der Waals surface area contributed by atoms with E-state index in [1.54, 1.807) is 0 Å². The Balaban J connectivity index is 0.000001000. The standard InChI is InChI=1S/C8H14O2.Hg/c1-8(7(9)10)5-3-2-4-6-8;/h2-6H2,1H3,(H,9,10);. The van der Waals surface area contributed by atoms with Gasteiger partial charge < -0.3 is 5.11 Å². The van der Waals surface area contributed by atoms with Crippen LogP contribution in [0, 0.1) is 5.41 Å². The molecule has 0 spiro atoms. The fourth-order valence-electron chi connectivity index (χ4n) is 1.55. The van der Waals surface area contributed by atoms with E-state index >= 15 is 0 Å². The summed E-state index contributed by atoms with van der Waals surface area (Å²) in [6, 6.07) is 0. The summed E-state index contributed by atoms with van der Waals surface area (Å²) in [5, 5.41) is 8.80. The van der Waals surface area contributed by atoms with Gasteiger partial charge in [-0.3, -0.25) is 4.79 Å². The van der Waals surface area contributed by atoms with E-state index in [1.165, 1.54) is 6.42 Å². The molecule has 0 aromatic heterocycles. The fraction of sp³-hybridized carbons (Fsp3) is 0.875. The molecule has 1 saturated carbocycles. The number of carboxylic acid groups (broad SMARTS) is 1. The Morgan fingerprint density at radius 3 is 2.00 bits per heavy atom. The van der Waals surface area contributed by atoms with Crippen LogP contribution in [-0.2, 0) is 32.5 Å². The molecule has 0 aromatic rings. The molecule has 0 bridgehead atoms. The number of aliphatic carboxylic acids is 1. The van der Waals surface area contributed by atoms with Crippen LogP contribution in [0.15, 0.2) is 0 Å². The quantitative estimate of drug-likeness (QED) is 0.740. The van der Waals surface area contributed by atoms with Crippen LogP contribution in [0.1, 0.15) is 39.0 Å². The zero-order chi connectivity index (χ0) is 7.61. The summed E-state index contributed by atoms with van der Waals surface area (Å²) in [7, 11) is 0. The van der Waals surface area contributed by atoms with Gasteiger partial charge in [0.1, 0.15) is 0 Å². The zero-order valence-electron chi connectivity index (χ0n) is 7.10. The van der Waals surface area contributed by atoms with Crippen LogP contribution in [0.2, 0.25) is 0 Å². The third-order valence-electron chi connectivity index (χ3n) is 2.47. The molecule has 60 valence electrons. The minimum atomic E-state index is -0.618. The first-order chi connectivity index (χ1) is 4.65. The molecule has 0 saturated heterocycles. The van der Waals surface area contributed by atoms with Crippen LogP contribution in [0.3, 0.4) is 0 Å². The van der Waals surface area contributed by atoms with E-state index in [4.69, 9.17) is 5.11 Å². The van der Waals surface area contributed by atoms with Crippen LogP contribution < -0.4 is 0 Å². The van der Waals surface area contributed by atoms with Gasteiger partial charge in [0.15, 0.2) is 0 Å². The number of carbonyl (C=O) groups is 1. The Morgan fingerprint density at radius 1 is 1.27 bits per heavy atom. The molecule has 1 fully saturated rings. The molecule has 0 aromatic carbocycles. The monoisotopic (exact) mass is 344 g/mol. The number of rotatable bonds is 1. The summed E-state index contributed by atoms with van der Waals surface area (Å²) in [6.07, 6.45) is 5.11. The van der Waals surface area contributed by atoms with Crippen molar-refractivity contribution in [1.82, 2.24) is 0 Å². The van der Waals surface area contributed by atoms with Crippen LogP contribution in [0.4, 0.5) is 0 Å². The molecule has 0 atom stereocenters. The van der Waals surface area contributed by atoms with Crippen molar-refractivity contribution in [2.75, 3.05) is 0 Å². The van der Waals surface area contributed by atoms with Crippen molar-refractivity contribution in [1.29, 1.82) is 0 Å². The minimum Gasteiger partial charge on any atom is -0.481 e. The van der Waals surface area contributed by atoms with Crippen LogP contribution in [0.5, 0.6) is 0 Å². The van der Waals surface area contributed by atoms with Crippen molar-refractivity contribution >= 4 is 5.97 Å². The second kappa shape index (κ2) is 4.44. The van der Waals surface area contributed by atoms with Gasteiger partial charge in [-0.05, 0) is 19.8 Å². The Labute approximate surface area is 87.9 Å². The van der Waals surface area contributed by atoms with Crippen LogP contribution in [0.25, 0.3) is 0 Å². The van der Waals surface area contributed by atoms with Gasteiger partial charge in [-0.25, -0.2) is 0 Å². The maximum atomic E-state index is 10.7. The zero-order valence-corrected chi connectivity index (χ0v) is 12.6. The minimum absolute atomic E-state index is 0. The molecule has 1 aliphatic carbocycles. The summed E-state index contributed by atoms with van der Waals surface area (Å²) >= 11 is 0. The second-order valence-corrected chi connectivity index (χ2v) is 3.43. The maximum Gasteiger partial charge on any atom is 0.309 e. The topological polar surface area (TPSA) is 37.3 Å². The van der Waals surface area contributed by atoms with Crippen molar-refractivity contribution in [3.8, 4) is 0 Å². The van der Waals surface area contributed by atoms with E-state index in [2.05, 4.69) is 0 Å². The molecular formula is C8H14HgO2. The fourth-order valence-corrected chi connectivity index (χ4v) is 1.55. The van der Waals surface area contributed by atoms with Crippen LogP contribution in [-0.4, -0.2) is 11.1 Å². The van der Waals surface area contributed by atoms with Crippen LogP contribution >= 0.6 is 0 Å². The average Bonchev–Trinajstić information content (AvgIpc) is 1.89. The molecule has 0 aliphatic heterocycles. The molecule has 0 amide bonds. The van der Waals surface area contributed by atoms with Gasteiger partial charge in [-0.2, -0.15) is 0 Å². The van der Waals surface area contributed by atoms with Gasteiger partial charge in [0.05, 0.1) is 5.41 Å². The number of hydrogen-bond acceptors (Lipinski definition) is 1. The third-order valence-corrected chi connectivity index (χ3v) is 2.47. The SMILES string of the molecule is CC1(C(=O)O)CCCCC1.[Hg]. The Morgan fingerprint density at radius 2 is 1.73 bits per heavy atom. The summed E-state index contributed by atoms with van der Waals surface area (Å²) in [6.45, 7) is 1.86. The smallest absolute Gasteiger partial charge is 0.309 e. The largest absolute Gasteiger partial charge is 0.481 e. The summed E-state index contributed by atoms with van der Waals surface area (Å²) in [4.78, 5) is 10.7. The van der Waals surface area contributed by atoms with E-state index in [0.29, 0.717) is 0 Å². The van der Waals surface area contributed by atoms with Crippen molar-refractivity contribution in [3.63, 3.8) is 0 Å². The molecule has 0 radical (unpaired) electrons. The molecular weight excluding hydrogens is 329 g/mol. The molecule has 0 heterocycles. The average molecular weight is 343 g/mol. The molecule has 0 unspecified atom stereocenters. The van der Waals surface area contributed by atoms with Crippen molar-refractivity contribution < 1.29 is 37.6 Å². The molecule has 3 heteroatoms. The van der Waals surface area contributed by atoms with E-state index in [9.17, 15) is 4.79 Å². The van der Waals surface area contributed by atoms with Gasteiger partial charge in [-0.15, -0.1) is 0 Å². The van der Waals surface area contributed by atoms with E-state index in [0.717, 1.165) is 25.7 Å². The van der Waals surface area contributed by atoms with Gasteiger partial charge >= 0.3 is 5.97 Å². The number of carboxylic acids is 1. The van der Waals surface area contributed by atoms with E-state index in [-0.39, 0.29) is 27.7 Å². The second-order valence-electron chi connectivity index (χ2n) is 3.43. The summed E-state index contributed by atoms with van der Waals surface area (Å²) in [5.74, 6) is -0.618. The molecule has 1 aliphatic rings. The maximum absolute atomic E-state index is 10.7. The molecule has 1 N–H and O–H groups in total. The molecule has 11 heavy (non-hydrogen) atoms.